The van der Waals surface area contributed by atoms with E-state index in [0.29, 0.717) is 24.3 Å². The lowest BCUT2D eigenvalue weighted by molar-refractivity contribution is -0.140. The number of nitrogens with zero attached hydrogens (tertiary/aromatic N) is 2. The van der Waals surface area contributed by atoms with Crippen LogP contribution in [0.5, 0.6) is 5.75 Å². The largest absolute Gasteiger partial charge is 0.494 e. The number of hydrogen-bond acceptors (Lipinski definition) is 5. The fourth-order valence-electron chi connectivity index (χ4n) is 4.28. The Bertz CT molecular complexity index is 1430. The second kappa shape index (κ2) is 14.8. The Morgan fingerprint density at radius 1 is 0.857 bits per heavy atom. The first kappa shape index (κ1) is 32.5. The van der Waals surface area contributed by atoms with Gasteiger partial charge in [-0.15, -0.1) is 0 Å². The number of anilines is 1. The molecule has 3 aromatic carbocycles. The number of sulfonamides is 1. The zero-order valence-corrected chi connectivity index (χ0v) is 25.0. The molecule has 0 saturated carbocycles. The van der Waals surface area contributed by atoms with Crippen molar-refractivity contribution in [1.29, 1.82) is 0 Å². The van der Waals surface area contributed by atoms with E-state index in [1.807, 2.05) is 20.8 Å². The van der Waals surface area contributed by atoms with E-state index in [1.54, 1.807) is 19.1 Å². The quantitative estimate of drug-likeness (QED) is 0.271. The van der Waals surface area contributed by atoms with Crippen molar-refractivity contribution in [2.75, 3.05) is 17.5 Å². The minimum absolute atomic E-state index is 0.0563. The number of halogens is 2. The van der Waals surface area contributed by atoms with Crippen molar-refractivity contribution in [3.8, 4) is 5.75 Å². The van der Waals surface area contributed by atoms with Crippen LogP contribution in [-0.2, 0) is 26.2 Å². The summed E-state index contributed by atoms with van der Waals surface area (Å²) < 4.78 is 61.4. The lowest BCUT2D eigenvalue weighted by Gasteiger charge is -2.33. The van der Waals surface area contributed by atoms with Gasteiger partial charge in [0.05, 0.1) is 17.2 Å². The van der Waals surface area contributed by atoms with Crippen LogP contribution in [-0.4, -0.2) is 50.4 Å². The van der Waals surface area contributed by atoms with Crippen molar-refractivity contribution in [2.45, 2.75) is 64.1 Å². The Morgan fingerprint density at radius 3 is 1.95 bits per heavy atom. The van der Waals surface area contributed by atoms with Crippen LogP contribution < -0.4 is 14.4 Å². The smallest absolute Gasteiger partial charge is 0.264 e. The van der Waals surface area contributed by atoms with E-state index in [9.17, 15) is 26.8 Å². The summed E-state index contributed by atoms with van der Waals surface area (Å²) in [6.07, 6.45) is 0.929. The summed E-state index contributed by atoms with van der Waals surface area (Å²) in [6.45, 7) is 7.04. The fraction of sp³-hybridized carbons (Fsp3) is 0.355. The molecule has 3 aromatic rings. The second-order valence-corrected chi connectivity index (χ2v) is 11.6. The van der Waals surface area contributed by atoms with Crippen LogP contribution >= 0.6 is 0 Å². The molecule has 3 rings (SSSR count). The highest BCUT2D eigenvalue weighted by atomic mass is 32.2. The zero-order valence-electron chi connectivity index (χ0n) is 24.2. The molecule has 42 heavy (non-hydrogen) atoms. The molecule has 0 unspecified atom stereocenters. The summed E-state index contributed by atoms with van der Waals surface area (Å²) in [4.78, 5) is 28.4. The van der Waals surface area contributed by atoms with E-state index in [2.05, 4.69) is 5.32 Å². The van der Waals surface area contributed by atoms with Crippen molar-refractivity contribution in [3.63, 3.8) is 0 Å². The van der Waals surface area contributed by atoms with Gasteiger partial charge in [-0.3, -0.25) is 13.9 Å². The molecule has 0 aliphatic rings. The summed E-state index contributed by atoms with van der Waals surface area (Å²) in [7, 11) is -4.35. The van der Waals surface area contributed by atoms with Crippen molar-refractivity contribution in [2.24, 2.45) is 0 Å². The number of carbonyl (C=O) groups is 2. The van der Waals surface area contributed by atoms with Gasteiger partial charge in [0, 0.05) is 12.6 Å². The van der Waals surface area contributed by atoms with Gasteiger partial charge in [0.25, 0.3) is 10.0 Å². The highest BCUT2D eigenvalue weighted by molar-refractivity contribution is 7.92. The van der Waals surface area contributed by atoms with Gasteiger partial charge in [0.15, 0.2) is 0 Å². The predicted octanol–water partition coefficient (Wildman–Crippen LogP) is 5.28. The number of carbonyl (C=O) groups excluding carboxylic acids is 2. The molecule has 0 fully saturated rings. The lowest BCUT2D eigenvalue weighted by atomic mass is 10.1. The molecule has 0 saturated heterocycles. The molecule has 0 aliphatic carbocycles. The molecule has 0 spiro atoms. The lowest BCUT2D eigenvalue weighted by Crippen LogP contribution is -2.53. The first-order chi connectivity index (χ1) is 20.0. The van der Waals surface area contributed by atoms with Gasteiger partial charge in [0.2, 0.25) is 11.8 Å². The maximum absolute atomic E-state index is 14.0. The minimum Gasteiger partial charge on any atom is -0.494 e. The van der Waals surface area contributed by atoms with Crippen LogP contribution in [0.1, 0.15) is 46.1 Å². The minimum atomic E-state index is -4.35. The van der Waals surface area contributed by atoms with Gasteiger partial charge in [-0.05, 0) is 92.9 Å². The van der Waals surface area contributed by atoms with Gasteiger partial charge in [-0.2, -0.15) is 0 Å². The Hall–Kier alpha value is -3.99. The molecule has 2 atom stereocenters. The molecule has 0 heterocycles. The van der Waals surface area contributed by atoms with E-state index in [4.69, 9.17) is 4.74 Å². The second-order valence-electron chi connectivity index (χ2n) is 9.78. The Labute approximate surface area is 246 Å². The average Bonchev–Trinajstić information content (AvgIpc) is 2.97. The van der Waals surface area contributed by atoms with Crippen molar-refractivity contribution in [1.82, 2.24) is 10.2 Å². The van der Waals surface area contributed by atoms with Crippen molar-refractivity contribution >= 4 is 27.5 Å². The average molecular weight is 602 g/mol. The van der Waals surface area contributed by atoms with Gasteiger partial charge >= 0.3 is 0 Å². The van der Waals surface area contributed by atoms with Gasteiger partial charge in [0.1, 0.15) is 30.0 Å². The van der Waals surface area contributed by atoms with Gasteiger partial charge in [-0.25, -0.2) is 17.2 Å². The molecule has 11 heteroatoms. The van der Waals surface area contributed by atoms with Crippen molar-refractivity contribution < 1.29 is 31.5 Å². The monoisotopic (exact) mass is 601 g/mol. The molecular weight excluding hydrogens is 564 g/mol. The normalized spacial score (nSPS) is 12.7. The molecule has 2 amide bonds. The summed E-state index contributed by atoms with van der Waals surface area (Å²) in [5.74, 6) is -1.58. The third kappa shape index (κ3) is 8.28. The number of amides is 2. The summed E-state index contributed by atoms with van der Waals surface area (Å²) >= 11 is 0. The molecule has 226 valence electrons. The molecule has 0 bridgehead atoms. The Kier molecular flexibility index (Phi) is 11.4. The van der Waals surface area contributed by atoms with Gasteiger partial charge < -0.3 is 15.0 Å². The highest BCUT2D eigenvalue weighted by Gasteiger charge is 2.34. The topological polar surface area (TPSA) is 96.0 Å². The Morgan fingerprint density at radius 2 is 1.43 bits per heavy atom. The third-order valence-electron chi connectivity index (χ3n) is 6.77. The van der Waals surface area contributed by atoms with Crippen LogP contribution in [0.25, 0.3) is 0 Å². The number of nitrogens with one attached hydrogen (secondary N) is 1. The Balaban J connectivity index is 2.05. The first-order valence-corrected chi connectivity index (χ1v) is 15.3. The van der Waals surface area contributed by atoms with Crippen LogP contribution in [0, 0.1) is 11.6 Å². The van der Waals surface area contributed by atoms with E-state index in [1.165, 1.54) is 41.3 Å². The van der Waals surface area contributed by atoms with E-state index in [-0.39, 0.29) is 35.5 Å². The first-order valence-electron chi connectivity index (χ1n) is 13.9. The van der Waals surface area contributed by atoms with Crippen LogP contribution in [0.4, 0.5) is 14.5 Å². The maximum atomic E-state index is 14.0. The third-order valence-corrected chi connectivity index (χ3v) is 8.56. The van der Waals surface area contributed by atoms with Crippen LogP contribution in [0.2, 0.25) is 0 Å². The van der Waals surface area contributed by atoms with Gasteiger partial charge in [-0.1, -0.05) is 26.0 Å². The molecule has 8 nitrogen and oxygen atoms in total. The number of rotatable bonds is 14. The molecule has 1 N–H and O–H groups in total. The number of hydrogen-bond donors (Lipinski definition) is 1. The fourth-order valence-corrected chi connectivity index (χ4v) is 5.70. The molecule has 0 radical (unpaired) electrons. The summed E-state index contributed by atoms with van der Waals surface area (Å²) in [5, 5.41) is 2.90. The number of ether oxygens (including phenoxy) is 1. The highest BCUT2D eigenvalue weighted by Crippen LogP contribution is 2.27. The SMILES string of the molecule is CCOc1ccc(N(CC(=O)N(Cc2ccc(F)cc2)[C@@H](CC)C(=O)N[C@@H](C)CC)S(=O)(=O)c2ccc(F)cc2)cc1. The molecular formula is C31H37F2N3O5S. The number of benzene rings is 3. The molecule has 0 aromatic heterocycles. The molecule has 0 aliphatic heterocycles. The zero-order chi connectivity index (χ0) is 30.9. The van der Waals surface area contributed by atoms with E-state index >= 15 is 0 Å². The maximum Gasteiger partial charge on any atom is 0.264 e. The van der Waals surface area contributed by atoms with Crippen LogP contribution in [0.3, 0.4) is 0 Å². The van der Waals surface area contributed by atoms with Crippen LogP contribution in [0.15, 0.2) is 77.7 Å². The van der Waals surface area contributed by atoms with E-state index in [0.717, 1.165) is 28.6 Å². The standard InChI is InChI=1S/C31H37F2N3O5S/c1-5-22(4)34-31(38)29(6-2)35(20-23-8-10-24(32)11-9-23)30(37)21-36(26-14-16-27(17-15-26)41-7-3)42(39,40)28-18-12-25(33)13-19-28/h8-19,22,29H,5-7,20-21H2,1-4H3,(H,34,38)/t22-,29-/m0/s1. The summed E-state index contributed by atoms with van der Waals surface area (Å²) in [5.41, 5.74) is 0.739. The van der Waals surface area contributed by atoms with E-state index < -0.39 is 40.2 Å². The predicted molar refractivity (Wildman–Crippen MR) is 157 cm³/mol. The van der Waals surface area contributed by atoms with Crippen molar-refractivity contribution in [3.05, 3.63) is 90.0 Å². The summed E-state index contributed by atoms with van der Waals surface area (Å²) in [6, 6.07) is 14.9.